The minimum atomic E-state index is -0.0403. The molecule has 0 radical (unpaired) electrons. The van der Waals surface area contributed by atoms with Gasteiger partial charge in [-0.15, -0.1) is 11.8 Å². The highest BCUT2D eigenvalue weighted by atomic mass is 35.5. The number of amides is 1. The van der Waals surface area contributed by atoms with Gasteiger partial charge in [-0.3, -0.25) is 9.69 Å². The van der Waals surface area contributed by atoms with Gasteiger partial charge in [-0.05, 0) is 61.1 Å². The second-order valence-electron chi connectivity index (χ2n) is 7.08. The van der Waals surface area contributed by atoms with Gasteiger partial charge in [-0.1, -0.05) is 29.9 Å². The molecule has 0 atom stereocenters. The Balaban J connectivity index is 1.63. The van der Waals surface area contributed by atoms with Crippen molar-refractivity contribution in [1.29, 1.82) is 0 Å². The Morgan fingerprint density at radius 3 is 2.74 bits per heavy atom. The van der Waals surface area contributed by atoms with E-state index in [9.17, 15) is 4.79 Å². The van der Waals surface area contributed by atoms with Crippen LogP contribution in [0.25, 0.3) is 10.2 Å². The standard InChI is InChI=1S/C23H23ClN4OS2/c1-3-30-18-7-5-17(6-8-18)22(29)28(13-4-12-27-14-11-25-15-27)23-26-21-16(2)19(24)9-10-20(21)31-23/h5-11,14-15H,3-4,12-13H2,1-2H3. The maximum absolute atomic E-state index is 13.5. The summed E-state index contributed by atoms with van der Waals surface area (Å²) in [6, 6.07) is 11.7. The van der Waals surface area contributed by atoms with Crippen molar-refractivity contribution in [2.75, 3.05) is 17.2 Å². The van der Waals surface area contributed by atoms with Crippen molar-refractivity contribution in [1.82, 2.24) is 14.5 Å². The maximum Gasteiger partial charge on any atom is 0.260 e. The van der Waals surface area contributed by atoms with Gasteiger partial charge in [0.15, 0.2) is 5.13 Å². The molecule has 0 bridgehead atoms. The van der Waals surface area contributed by atoms with Crippen LogP contribution >= 0.6 is 34.7 Å². The highest BCUT2D eigenvalue weighted by molar-refractivity contribution is 7.99. The number of anilines is 1. The van der Waals surface area contributed by atoms with Crippen molar-refractivity contribution in [2.24, 2.45) is 0 Å². The highest BCUT2D eigenvalue weighted by Crippen LogP contribution is 2.34. The zero-order chi connectivity index (χ0) is 21.8. The third-order valence-electron chi connectivity index (χ3n) is 4.98. The fraction of sp³-hybridized carbons (Fsp3) is 0.261. The first-order valence-corrected chi connectivity index (χ1v) is 12.3. The second kappa shape index (κ2) is 9.85. The zero-order valence-electron chi connectivity index (χ0n) is 17.4. The lowest BCUT2D eigenvalue weighted by molar-refractivity contribution is 0.0986. The Kier molecular flexibility index (Phi) is 6.95. The summed E-state index contributed by atoms with van der Waals surface area (Å²) in [5.41, 5.74) is 2.46. The summed E-state index contributed by atoms with van der Waals surface area (Å²) in [7, 11) is 0. The smallest absolute Gasteiger partial charge is 0.260 e. The summed E-state index contributed by atoms with van der Waals surface area (Å²) >= 11 is 9.57. The molecule has 0 N–H and O–H groups in total. The SMILES string of the molecule is CCSc1ccc(C(=O)N(CCCn2ccnc2)c2nc3c(C)c(Cl)ccc3s2)cc1. The number of hydrogen-bond acceptors (Lipinski definition) is 5. The number of thioether (sulfide) groups is 1. The first-order chi connectivity index (χ1) is 15.1. The summed E-state index contributed by atoms with van der Waals surface area (Å²) < 4.78 is 3.04. The minimum absolute atomic E-state index is 0.0403. The van der Waals surface area contributed by atoms with Crippen molar-refractivity contribution in [3.8, 4) is 0 Å². The average molecular weight is 471 g/mol. The predicted octanol–water partition coefficient (Wildman–Crippen LogP) is 6.30. The molecule has 2 aromatic carbocycles. The zero-order valence-corrected chi connectivity index (χ0v) is 19.8. The van der Waals surface area contributed by atoms with Gasteiger partial charge in [-0.2, -0.15) is 0 Å². The molecule has 31 heavy (non-hydrogen) atoms. The van der Waals surface area contributed by atoms with E-state index in [4.69, 9.17) is 16.6 Å². The fourth-order valence-electron chi connectivity index (χ4n) is 3.33. The number of rotatable bonds is 8. The predicted molar refractivity (Wildman–Crippen MR) is 131 cm³/mol. The number of benzene rings is 2. The fourth-order valence-corrected chi connectivity index (χ4v) is 5.20. The third-order valence-corrected chi connectivity index (χ3v) is 7.33. The lowest BCUT2D eigenvalue weighted by Crippen LogP contribution is -2.32. The van der Waals surface area contributed by atoms with Gasteiger partial charge in [0.2, 0.25) is 0 Å². The van der Waals surface area contributed by atoms with Crippen LogP contribution in [0.3, 0.4) is 0 Å². The first-order valence-electron chi connectivity index (χ1n) is 10.1. The van der Waals surface area contributed by atoms with Crippen molar-refractivity contribution in [2.45, 2.75) is 31.7 Å². The number of nitrogens with zero attached hydrogens (tertiary/aromatic N) is 4. The van der Waals surface area contributed by atoms with Crippen molar-refractivity contribution >= 4 is 56.0 Å². The van der Waals surface area contributed by atoms with Crippen LogP contribution in [0.15, 0.2) is 60.0 Å². The van der Waals surface area contributed by atoms with Gasteiger partial charge in [0.05, 0.1) is 16.5 Å². The lowest BCUT2D eigenvalue weighted by Gasteiger charge is -2.20. The summed E-state index contributed by atoms with van der Waals surface area (Å²) in [6.07, 6.45) is 6.28. The van der Waals surface area contributed by atoms with Gasteiger partial charge >= 0.3 is 0 Å². The van der Waals surface area contributed by atoms with Crippen molar-refractivity contribution in [3.63, 3.8) is 0 Å². The maximum atomic E-state index is 13.5. The molecule has 0 aliphatic rings. The molecule has 0 saturated carbocycles. The quantitative estimate of drug-likeness (QED) is 0.283. The molecule has 160 valence electrons. The van der Waals surface area contributed by atoms with Crippen LogP contribution in [0.4, 0.5) is 5.13 Å². The molecule has 0 aliphatic heterocycles. The van der Waals surface area contributed by atoms with Crippen LogP contribution in [-0.2, 0) is 6.54 Å². The van der Waals surface area contributed by atoms with Crippen molar-refractivity contribution in [3.05, 3.63) is 71.3 Å². The number of imidazole rings is 1. The van der Waals surface area contributed by atoms with E-state index in [1.54, 1.807) is 29.2 Å². The van der Waals surface area contributed by atoms with Crippen LogP contribution in [0.5, 0.6) is 0 Å². The Hall–Kier alpha value is -2.35. The van der Waals surface area contributed by atoms with E-state index in [-0.39, 0.29) is 5.91 Å². The van der Waals surface area contributed by atoms with Gasteiger partial charge in [0.25, 0.3) is 5.91 Å². The normalized spacial score (nSPS) is 11.2. The van der Waals surface area contributed by atoms with Gasteiger partial charge in [0, 0.05) is 41.0 Å². The van der Waals surface area contributed by atoms with Crippen LogP contribution < -0.4 is 4.90 Å². The average Bonchev–Trinajstić information content (AvgIpc) is 3.44. The lowest BCUT2D eigenvalue weighted by atomic mass is 10.2. The third kappa shape index (κ3) is 4.95. The molecule has 2 heterocycles. The monoisotopic (exact) mass is 470 g/mol. The number of aryl methyl sites for hydroxylation is 2. The summed E-state index contributed by atoms with van der Waals surface area (Å²) in [5.74, 6) is 0.961. The molecule has 5 nitrogen and oxygen atoms in total. The number of aromatic nitrogens is 3. The van der Waals surface area contributed by atoms with E-state index in [0.717, 1.165) is 39.4 Å². The molecular weight excluding hydrogens is 448 g/mol. The Morgan fingerprint density at radius 2 is 2.03 bits per heavy atom. The van der Waals surface area contributed by atoms with Crippen LogP contribution in [-0.4, -0.2) is 32.7 Å². The van der Waals surface area contributed by atoms with E-state index in [0.29, 0.717) is 22.3 Å². The van der Waals surface area contributed by atoms with Gasteiger partial charge in [-0.25, -0.2) is 9.97 Å². The molecule has 0 spiro atoms. The Labute approximate surface area is 195 Å². The Morgan fingerprint density at radius 1 is 1.23 bits per heavy atom. The van der Waals surface area contributed by atoms with Crippen LogP contribution in [0.1, 0.15) is 29.3 Å². The van der Waals surface area contributed by atoms with E-state index in [1.165, 1.54) is 11.3 Å². The van der Waals surface area contributed by atoms with E-state index in [2.05, 4.69) is 11.9 Å². The summed E-state index contributed by atoms with van der Waals surface area (Å²) in [4.78, 5) is 25.3. The number of carbonyl (C=O) groups excluding carboxylic acids is 1. The first kappa shape index (κ1) is 21.9. The Bertz CT molecular complexity index is 1170. The van der Waals surface area contributed by atoms with Crippen LogP contribution in [0, 0.1) is 6.92 Å². The van der Waals surface area contributed by atoms with E-state index < -0.39 is 0 Å². The van der Waals surface area contributed by atoms with Crippen molar-refractivity contribution < 1.29 is 4.79 Å². The molecule has 0 unspecified atom stereocenters. The summed E-state index contributed by atoms with van der Waals surface area (Å²) in [5, 5.41) is 1.38. The highest BCUT2D eigenvalue weighted by Gasteiger charge is 2.22. The number of carbonyl (C=O) groups is 1. The molecule has 0 saturated heterocycles. The molecular formula is C23H23ClN4OS2. The number of halogens is 1. The molecule has 0 fully saturated rings. The van der Waals surface area contributed by atoms with Gasteiger partial charge < -0.3 is 4.57 Å². The molecule has 1 amide bonds. The number of fused-ring (bicyclic) bond motifs is 1. The van der Waals surface area contributed by atoms with Crippen LogP contribution in [0.2, 0.25) is 5.02 Å². The molecule has 0 aliphatic carbocycles. The molecule has 4 rings (SSSR count). The van der Waals surface area contributed by atoms with Gasteiger partial charge in [0.1, 0.15) is 0 Å². The number of thiazole rings is 1. The molecule has 4 aromatic rings. The summed E-state index contributed by atoms with van der Waals surface area (Å²) in [6.45, 7) is 5.43. The van der Waals surface area contributed by atoms with E-state index >= 15 is 0 Å². The minimum Gasteiger partial charge on any atom is -0.337 e. The molecule has 8 heteroatoms. The second-order valence-corrected chi connectivity index (χ2v) is 9.84. The number of hydrogen-bond donors (Lipinski definition) is 0. The topological polar surface area (TPSA) is 51.0 Å². The molecule has 2 aromatic heterocycles. The van der Waals surface area contributed by atoms with E-state index in [1.807, 2.05) is 54.1 Å². The largest absolute Gasteiger partial charge is 0.337 e.